The molecular formula is C21H28IN7O2. The van der Waals surface area contributed by atoms with E-state index in [4.69, 9.17) is 15.9 Å². The lowest BCUT2D eigenvalue weighted by atomic mass is 9.92. The number of halogens is 1. The predicted octanol–water partition coefficient (Wildman–Crippen LogP) is 2.60. The number of piperidine rings is 1. The molecule has 166 valence electrons. The lowest BCUT2D eigenvalue weighted by molar-refractivity contribution is 0.0756. The zero-order chi connectivity index (χ0) is 22.3. The van der Waals surface area contributed by atoms with Gasteiger partial charge >= 0.3 is 0 Å². The van der Waals surface area contributed by atoms with Crippen LogP contribution in [-0.2, 0) is 24.1 Å². The van der Waals surface area contributed by atoms with Crippen LogP contribution < -0.4 is 5.73 Å². The van der Waals surface area contributed by atoms with Crippen molar-refractivity contribution in [3.8, 4) is 11.4 Å². The Labute approximate surface area is 195 Å². The molecule has 0 unspecified atom stereocenters. The number of carbonyl (C=O) groups excluding carboxylic acids is 1. The second-order valence-electron chi connectivity index (χ2n) is 9.19. The normalized spacial score (nSPS) is 16.6. The molecule has 2 aromatic rings. The fourth-order valence-electron chi connectivity index (χ4n) is 4.28. The summed E-state index contributed by atoms with van der Waals surface area (Å²) < 4.78 is 8.30. The topological polar surface area (TPSA) is 123 Å². The van der Waals surface area contributed by atoms with Crippen molar-refractivity contribution >= 4 is 34.5 Å². The number of amides is 1. The van der Waals surface area contributed by atoms with E-state index in [0.29, 0.717) is 28.4 Å². The highest BCUT2D eigenvalue weighted by Gasteiger charge is 2.31. The number of likely N-dealkylation sites (tertiary alicyclic amines) is 1. The number of fused-ring (bicyclic) bond motifs is 3. The number of rotatable bonds is 3. The molecular weight excluding hydrogens is 509 g/mol. The molecule has 1 amide bonds. The van der Waals surface area contributed by atoms with Gasteiger partial charge in [0.2, 0.25) is 0 Å². The van der Waals surface area contributed by atoms with Gasteiger partial charge in [0.15, 0.2) is 9.53 Å². The maximum absolute atomic E-state index is 12.1. The van der Waals surface area contributed by atoms with E-state index < -0.39 is 5.91 Å². The third-order valence-electron chi connectivity index (χ3n) is 5.72. The van der Waals surface area contributed by atoms with E-state index in [9.17, 15) is 4.79 Å². The van der Waals surface area contributed by atoms with Gasteiger partial charge in [0.25, 0.3) is 11.9 Å². The van der Waals surface area contributed by atoms with E-state index >= 15 is 0 Å². The van der Waals surface area contributed by atoms with Crippen molar-refractivity contribution in [3.63, 3.8) is 0 Å². The standard InChI is InChI=1S/C21H28IN7O2/c1-21(2,3)31-20(24)28-8-6-12(7-9-28)11-29-17-14(16(27-29)18(23)30)5-4-13-10-25-19(22)26-15(13)17/h10,12,24H,4-9,11H2,1-3H3,(H2,23,30). The Morgan fingerprint density at radius 1 is 1.32 bits per heavy atom. The minimum atomic E-state index is -0.496. The van der Waals surface area contributed by atoms with Crippen LogP contribution >= 0.6 is 22.6 Å². The van der Waals surface area contributed by atoms with Crippen molar-refractivity contribution < 1.29 is 9.53 Å². The smallest absolute Gasteiger partial charge is 0.284 e. The number of aromatic nitrogens is 4. The number of aryl methyl sites for hydroxylation is 1. The van der Waals surface area contributed by atoms with Crippen molar-refractivity contribution in [1.29, 1.82) is 5.41 Å². The molecule has 0 atom stereocenters. The first-order valence-corrected chi connectivity index (χ1v) is 11.6. The number of carbonyl (C=O) groups is 1. The Bertz CT molecular complexity index is 1020. The van der Waals surface area contributed by atoms with Gasteiger partial charge in [-0.05, 0) is 57.9 Å². The molecule has 3 heterocycles. The van der Waals surface area contributed by atoms with Crippen LogP contribution in [0.15, 0.2) is 6.20 Å². The number of nitrogens with zero attached hydrogens (tertiary/aromatic N) is 5. The summed E-state index contributed by atoms with van der Waals surface area (Å²) in [5.74, 6) is -0.112. The monoisotopic (exact) mass is 537 g/mol. The molecule has 0 spiro atoms. The predicted molar refractivity (Wildman–Crippen MR) is 125 cm³/mol. The maximum atomic E-state index is 12.1. The van der Waals surface area contributed by atoms with Crippen LogP contribution in [0.4, 0.5) is 0 Å². The van der Waals surface area contributed by atoms with Crippen LogP contribution in [0.1, 0.15) is 55.2 Å². The van der Waals surface area contributed by atoms with Gasteiger partial charge in [-0.25, -0.2) is 9.97 Å². The first kappa shape index (κ1) is 22.0. The summed E-state index contributed by atoms with van der Waals surface area (Å²) in [6.45, 7) is 8.08. The molecule has 10 heteroatoms. The van der Waals surface area contributed by atoms with Crippen LogP contribution in [0.3, 0.4) is 0 Å². The zero-order valence-corrected chi connectivity index (χ0v) is 20.3. The van der Waals surface area contributed by atoms with Crippen LogP contribution in [-0.4, -0.2) is 55.3 Å². The molecule has 1 aliphatic heterocycles. The lowest BCUT2D eigenvalue weighted by Crippen LogP contribution is -2.42. The molecule has 0 saturated carbocycles. The Morgan fingerprint density at radius 2 is 2.03 bits per heavy atom. The summed E-state index contributed by atoms with van der Waals surface area (Å²) in [6, 6.07) is 0.235. The van der Waals surface area contributed by atoms with Crippen molar-refractivity contribution in [2.45, 2.75) is 58.6 Å². The van der Waals surface area contributed by atoms with E-state index in [1.165, 1.54) is 0 Å². The third-order valence-corrected chi connectivity index (χ3v) is 6.24. The third kappa shape index (κ3) is 4.68. The van der Waals surface area contributed by atoms with Crippen molar-refractivity contribution in [2.24, 2.45) is 11.7 Å². The number of hydrogen-bond donors (Lipinski definition) is 2. The number of ether oxygens (including phenoxy) is 1. The van der Waals surface area contributed by atoms with Gasteiger partial charge < -0.3 is 15.4 Å². The quantitative estimate of drug-likeness (QED) is 0.269. The van der Waals surface area contributed by atoms with E-state index in [2.05, 4.69) is 37.7 Å². The molecule has 4 rings (SSSR count). The Morgan fingerprint density at radius 3 is 2.68 bits per heavy atom. The SMILES string of the molecule is CC(C)(C)OC(=N)N1CCC(Cn2nc(C(N)=O)c3c2-c2nc(I)ncc2CC3)CC1. The van der Waals surface area contributed by atoms with Crippen LogP contribution in [0.25, 0.3) is 11.4 Å². The van der Waals surface area contributed by atoms with Crippen molar-refractivity contribution in [2.75, 3.05) is 13.1 Å². The van der Waals surface area contributed by atoms with Gasteiger partial charge in [-0.3, -0.25) is 14.9 Å². The minimum Gasteiger partial charge on any atom is -0.460 e. The second-order valence-corrected chi connectivity index (χ2v) is 10.1. The molecule has 0 aromatic carbocycles. The molecule has 0 bridgehead atoms. The fourth-order valence-corrected chi connectivity index (χ4v) is 4.66. The fraction of sp³-hybridized carbons (Fsp3) is 0.571. The number of nitrogens with one attached hydrogen (secondary N) is 1. The van der Waals surface area contributed by atoms with Gasteiger partial charge in [0.05, 0.1) is 11.4 Å². The van der Waals surface area contributed by atoms with Crippen LogP contribution in [0.5, 0.6) is 0 Å². The average molecular weight is 537 g/mol. The highest BCUT2D eigenvalue weighted by atomic mass is 127. The summed E-state index contributed by atoms with van der Waals surface area (Å²) >= 11 is 2.11. The van der Waals surface area contributed by atoms with E-state index in [-0.39, 0.29) is 11.6 Å². The number of primary amides is 1. The molecule has 9 nitrogen and oxygen atoms in total. The molecule has 1 fully saturated rings. The number of amidine groups is 1. The number of hydrogen-bond acceptors (Lipinski definition) is 6. The Kier molecular flexibility index (Phi) is 5.93. The number of nitrogens with two attached hydrogens (primary N) is 1. The molecule has 3 N–H and O–H groups in total. The van der Waals surface area contributed by atoms with E-state index in [0.717, 1.165) is 54.9 Å². The van der Waals surface area contributed by atoms with Crippen molar-refractivity contribution in [1.82, 2.24) is 24.6 Å². The van der Waals surface area contributed by atoms with Crippen molar-refractivity contribution in [3.05, 3.63) is 26.8 Å². The molecule has 1 saturated heterocycles. The zero-order valence-electron chi connectivity index (χ0n) is 18.1. The second kappa shape index (κ2) is 8.36. The summed E-state index contributed by atoms with van der Waals surface area (Å²) in [5, 5.41) is 12.8. The van der Waals surface area contributed by atoms with Crippen LogP contribution in [0.2, 0.25) is 0 Å². The van der Waals surface area contributed by atoms with Gasteiger partial charge in [0.1, 0.15) is 5.60 Å². The highest BCUT2D eigenvalue weighted by molar-refractivity contribution is 14.1. The molecule has 2 aliphatic rings. The van der Waals surface area contributed by atoms with Gasteiger partial charge in [-0.15, -0.1) is 0 Å². The molecule has 31 heavy (non-hydrogen) atoms. The first-order valence-electron chi connectivity index (χ1n) is 10.6. The summed E-state index contributed by atoms with van der Waals surface area (Å²) in [7, 11) is 0. The van der Waals surface area contributed by atoms with Gasteiger partial charge in [-0.1, -0.05) is 0 Å². The molecule has 0 radical (unpaired) electrons. The first-order chi connectivity index (χ1) is 14.6. The van der Waals surface area contributed by atoms with Gasteiger partial charge in [0, 0.05) is 54.0 Å². The largest absolute Gasteiger partial charge is 0.460 e. The average Bonchev–Trinajstić information content (AvgIpc) is 3.06. The van der Waals surface area contributed by atoms with Crippen LogP contribution in [0, 0.1) is 15.2 Å². The van der Waals surface area contributed by atoms with E-state index in [1.54, 1.807) is 0 Å². The summed E-state index contributed by atoms with van der Waals surface area (Å²) in [6.07, 6.45) is 5.20. The Hall–Kier alpha value is -2.24. The maximum Gasteiger partial charge on any atom is 0.284 e. The van der Waals surface area contributed by atoms with E-state index in [1.807, 2.05) is 36.5 Å². The highest BCUT2D eigenvalue weighted by Crippen LogP contribution is 2.35. The van der Waals surface area contributed by atoms with Gasteiger partial charge in [-0.2, -0.15) is 5.10 Å². The molecule has 1 aliphatic carbocycles. The summed E-state index contributed by atoms with van der Waals surface area (Å²) in [4.78, 5) is 23.0. The molecule has 2 aromatic heterocycles. The summed E-state index contributed by atoms with van der Waals surface area (Å²) in [5.41, 5.74) is 9.36. The minimum absolute atomic E-state index is 0.235. The Balaban J connectivity index is 1.54. The lowest BCUT2D eigenvalue weighted by Gasteiger charge is -2.35.